The first-order valence-corrected chi connectivity index (χ1v) is 1.74. The van der Waals surface area contributed by atoms with E-state index in [0.717, 1.165) is 6.08 Å². The molecule has 52 valence electrons. The summed E-state index contributed by atoms with van der Waals surface area (Å²) in [5, 5.41) is 24.3. The summed E-state index contributed by atoms with van der Waals surface area (Å²) < 4.78 is 0. The summed E-state index contributed by atoms with van der Waals surface area (Å²) in [5.41, 5.74) is 0. The number of carbonyl (C=O) groups excluding carboxylic acids is 1. The van der Waals surface area contributed by atoms with Gasteiger partial charge < -0.3 is 20.1 Å². The smallest absolute Gasteiger partial charge is 0.652 e. The first-order valence-electron chi connectivity index (χ1n) is 1.74. The Hall–Kier alpha value is 0.480. The summed E-state index contributed by atoms with van der Waals surface area (Å²) >= 11 is 0. The zero-order chi connectivity index (χ0) is 7.86. The molecule has 0 aliphatic carbocycles. The fourth-order valence-electron chi connectivity index (χ4n) is 0. The van der Waals surface area contributed by atoms with Gasteiger partial charge in [-0.1, -0.05) is 6.58 Å². The van der Waals surface area contributed by atoms with Gasteiger partial charge in [0.15, 0.2) is 0 Å². The van der Waals surface area contributed by atoms with Crippen LogP contribution in [0.3, 0.4) is 0 Å². The second-order valence-corrected chi connectivity index (χ2v) is 0.792. The Balaban J connectivity index is -0.0000000383. The number of aliphatic carboxylic acids is 1. The van der Waals surface area contributed by atoms with Gasteiger partial charge in [-0.25, -0.2) is 4.79 Å². The summed E-state index contributed by atoms with van der Waals surface area (Å²) in [6, 6.07) is 0. The molecule has 0 rings (SSSR count). The molecule has 0 atom stereocenters. The third-order valence-electron chi connectivity index (χ3n) is 0.175. The summed E-state index contributed by atoms with van der Waals surface area (Å²) in [6.45, 7) is 2.96. The maximum absolute atomic E-state index is 9.25. The first kappa shape index (κ1) is 22.5. The summed E-state index contributed by atoms with van der Waals surface area (Å²) in [4.78, 5) is 17.6. The monoisotopic (exact) mass is 178 g/mol. The Morgan fingerprint density at radius 2 is 1.36 bits per heavy atom. The van der Waals surface area contributed by atoms with Crippen LogP contribution in [0.25, 0.3) is 0 Å². The second kappa shape index (κ2) is 16.8. The van der Waals surface area contributed by atoms with Gasteiger partial charge in [0, 0.05) is 6.08 Å². The Kier molecular flexibility index (Phi) is 34.5. The van der Waals surface area contributed by atoms with E-state index in [1.165, 1.54) is 0 Å². The van der Waals surface area contributed by atoms with Crippen LogP contribution >= 0.6 is 0 Å². The Morgan fingerprint density at radius 1 is 1.27 bits per heavy atom. The van der Waals surface area contributed by atoms with Crippen LogP contribution in [0.4, 0.5) is 4.79 Å². The number of hydrogen-bond acceptors (Lipinski definition) is 4. The van der Waals surface area contributed by atoms with Crippen molar-refractivity contribution in [3.63, 3.8) is 0 Å². The number of hydrogen-bond donors (Lipinski definition) is 1. The van der Waals surface area contributed by atoms with E-state index in [0.29, 0.717) is 0 Å². The summed E-state index contributed by atoms with van der Waals surface area (Å²) in [5.74, 6) is -0.981. The standard InChI is InChI=1S/C3H4O2.CH2O3.2Na/c1-2-3(4)5;2-1(3)4;;/h2H,1H2,(H,4,5);(H2,2,3,4);;/q;;2*+1/p-2. The van der Waals surface area contributed by atoms with Gasteiger partial charge in [-0.05, 0) is 6.16 Å². The van der Waals surface area contributed by atoms with Crippen LogP contribution < -0.4 is 69.3 Å². The van der Waals surface area contributed by atoms with E-state index >= 15 is 0 Å². The molecule has 0 aliphatic rings. The minimum atomic E-state index is -2.33. The van der Waals surface area contributed by atoms with Gasteiger partial charge in [-0.2, -0.15) is 0 Å². The van der Waals surface area contributed by atoms with Gasteiger partial charge in [-0.15, -0.1) is 0 Å². The molecule has 0 saturated carbocycles. The van der Waals surface area contributed by atoms with E-state index in [1.54, 1.807) is 0 Å². The molecule has 0 aromatic heterocycles. The fraction of sp³-hybridized carbons (Fsp3) is 0. The van der Waals surface area contributed by atoms with E-state index in [-0.39, 0.29) is 59.1 Å². The van der Waals surface area contributed by atoms with Crippen molar-refractivity contribution in [2.24, 2.45) is 0 Å². The Labute approximate surface area is 108 Å². The number of carboxylic acids is 1. The van der Waals surface area contributed by atoms with Crippen molar-refractivity contribution in [1.29, 1.82) is 0 Å². The van der Waals surface area contributed by atoms with Crippen molar-refractivity contribution < 1.29 is 84.0 Å². The molecule has 0 aromatic rings. The van der Waals surface area contributed by atoms with Gasteiger partial charge in [0.05, 0.1) is 0 Å². The van der Waals surface area contributed by atoms with Crippen molar-refractivity contribution in [1.82, 2.24) is 0 Å². The molecule has 0 bridgehead atoms. The maximum Gasteiger partial charge on any atom is 1.00 e. The molecule has 5 nitrogen and oxygen atoms in total. The SMILES string of the molecule is C=CC(=O)O.O=C([O-])[O-].[Na+].[Na+]. The van der Waals surface area contributed by atoms with Crippen molar-refractivity contribution >= 4 is 12.1 Å². The van der Waals surface area contributed by atoms with Crippen LogP contribution in [0, 0.1) is 0 Å². The van der Waals surface area contributed by atoms with Gasteiger partial charge in [0.2, 0.25) is 0 Å². The number of carboxylic acid groups (broad SMARTS) is 3. The predicted octanol–water partition coefficient (Wildman–Crippen LogP) is -8.18. The zero-order valence-electron chi connectivity index (χ0n) is 6.36. The molecular weight excluding hydrogens is 174 g/mol. The predicted molar refractivity (Wildman–Crippen MR) is 23.2 cm³/mol. The van der Waals surface area contributed by atoms with Crippen LogP contribution in [-0.2, 0) is 4.79 Å². The van der Waals surface area contributed by atoms with E-state index in [1.807, 2.05) is 0 Å². The van der Waals surface area contributed by atoms with Gasteiger partial charge in [-0.3, -0.25) is 0 Å². The quantitative estimate of drug-likeness (QED) is 0.317. The van der Waals surface area contributed by atoms with Gasteiger partial charge in [0.1, 0.15) is 0 Å². The van der Waals surface area contributed by atoms with Gasteiger partial charge in [0.25, 0.3) is 0 Å². The third-order valence-corrected chi connectivity index (χ3v) is 0.175. The molecule has 7 heteroatoms. The average Bonchev–Trinajstić information content (AvgIpc) is 1.65. The second-order valence-electron chi connectivity index (χ2n) is 0.792. The fourth-order valence-corrected chi connectivity index (χ4v) is 0. The summed E-state index contributed by atoms with van der Waals surface area (Å²) in [6.07, 6.45) is -1.50. The zero-order valence-corrected chi connectivity index (χ0v) is 10.4. The molecule has 0 heterocycles. The summed E-state index contributed by atoms with van der Waals surface area (Å²) in [7, 11) is 0. The Morgan fingerprint density at radius 3 is 1.36 bits per heavy atom. The Bertz CT molecular complexity index is 120. The average molecular weight is 178 g/mol. The van der Waals surface area contributed by atoms with Crippen LogP contribution in [0.15, 0.2) is 12.7 Å². The number of carbonyl (C=O) groups is 2. The van der Waals surface area contributed by atoms with Crippen LogP contribution in [0.2, 0.25) is 0 Å². The normalized spacial score (nSPS) is 5.09. The molecule has 0 spiro atoms. The molecule has 0 saturated heterocycles. The molecule has 0 fully saturated rings. The molecule has 1 N–H and O–H groups in total. The van der Waals surface area contributed by atoms with E-state index in [2.05, 4.69) is 6.58 Å². The van der Waals surface area contributed by atoms with Crippen LogP contribution in [-0.4, -0.2) is 17.2 Å². The first-order chi connectivity index (χ1) is 4.00. The maximum atomic E-state index is 9.25. The topological polar surface area (TPSA) is 100 Å². The number of rotatable bonds is 1. The van der Waals surface area contributed by atoms with Crippen LogP contribution in [0.5, 0.6) is 0 Å². The van der Waals surface area contributed by atoms with Crippen LogP contribution in [0.1, 0.15) is 0 Å². The molecule has 0 unspecified atom stereocenters. The van der Waals surface area contributed by atoms with Crippen molar-refractivity contribution in [2.45, 2.75) is 0 Å². The van der Waals surface area contributed by atoms with Gasteiger partial charge >= 0.3 is 65.1 Å². The molecule has 0 amide bonds. The minimum Gasteiger partial charge on any atom is -0.652 e. The van der Waals surface area contributed by atoms with E-state index in [9.17, 15) is 4.79 Å². The molecule has 0 aromatic carbocycles. The van der Waals surface area contributed by atoms with E-state index in [4.69, 9.17) is 20.1 Å². The molecule has 0 radical (unpaired) electrons. The van der Waals surface area contributed by atoms with E-state index < -0.39 is 12.1 Å². The minimum absolute atomic E-state index is 0. The van der Waals surface area contributed by atoms with Crippen molar-refractivity contribution in [2.75, 3.05) is 0 Å². The molecular formula is C4H4Na2O5. The molecule has 0 aliphatic heterocycles. The third kappa shape index (κ3) is 123. The molecule has 11 heavy (non-hydrogen) atoms. The largest absolute Gasteiger partial charge is 1.00 e. The van der Waals surface area contributed by atoms with Crippen molar-refractivity contribution in [3.8, 4) is 0 Å². The van der Waals surface area contributed by atoms with Crippen molar-refractivity contribution in [3.05, 3.63) is 12.7 Å².